The second-order valence-electron chi connectivity index (χ2n) is 7.24. The van der Waals surface area contributed by atoms with Crippen molar-refractivity contribution in [3.05, 3.63) is 52.0 Å². The molecule has 2 N–H and O–H groups in total. The van der Waals surface area contributed by atoms with Crippen LogP contribution >= 0.6 is 35.0 Å². The molecule has 6 nitrogen and oxygen atoms in total. The van der Waals surface area contributed by atoms with Crippen molar-refractivity contribution in [1.29, 1.82) is 0 Å². The molecule has 1 aliphatic heterocycles. The average Bonchev–Trinajstić information content (AvgIpc) is 2.74. The number of morpholine rings is 1. The van der Waals surface area contributed by atoms with E-state index in [0.29, 0.717) is 29.1 Å². The van der Waals surface area contributed by atoms with Gasteiger partial charge in [0.05, 0.1) is 34.1 Å². The summed E-state index contributed by atoms with van der Waals surface area (Å²) in [4.78, 5) is 26.3. The molecule has 3 rings (SSSR count). The zero-order chi connectivity index (χ0) is 21.5. The molecule has 1 aromatic rings. The molecule has 0 spiro atoms. The number of carboxylic acid groups (broad SMARTS) is 1. The van der Waals surface area contributed by atoms with Gasteiger partial charge in [0.15, 0.2) is 0 Å². The van der Waals surface area contributed by atoms with Gasteiger partial charge in [-0.15, -0.1) is 11.8 Å². The van der Waals surface area contributed by atoms with Crippen LogP contribution in [0.5, 0.6) is 0 Å². The molecule has 30 heavy (non-hydrogen) atoms. The van der Waals surface area contributed by atoms with E-state index in [9.17, 15) is 9.59 Å². The first-order valence-corrected chi connectivity index (χ1v) is 11.4. The second-order valence-corrected chi connectivity index (χ2v) is 9.10. The summed E-state index contributed by atoms with van der Waals surface area (Å²) in [5.74, 6) is -0.543. The predicted octanol–water partition coefficient (Wildman–Crippen LogP) is 3.56. The first kappa shape index (κ1) is 23.2. The molecule has 0 bridgehead atoms. The first-order valence-electron chi connectivity index (χ1n) is 9.71. The fourth-order valence-electron chi connectivity index (χ4n) is 3.38. The topological polar surface area (TPSA) is 78.9 Å². The lowest BCUT2D eigenvalue weighted by Gasteiger charge is -2.35. The van der Waals surface area contributed by atoms with Crippen LogP contribution in [0.3, 0.4) is 0 Å². The van der Waals surface area contributed by atoms with Gasteiger partial charge >= 0.3 is 5.97 Å². The van der Waals surface area contributed by atoms with Crippen molar-refractivity contribution in [2.75, 3.05) is 38.5 Å². The third-order valence-electron chi connectivity index (χ3n) is 4.90. The van der Waals surface area contributed by atoms with Gasteiger partial charge in [0, 0.05) is 31.1 Å². The number of benzene rings is 1. The third kappa shape index (κ3) is 7.03. The summed E-state index contributed by atoms with van der Waals surface area (Å²) in [6, 6.07) is 6.56. The van der Waals surface area contributed by atoms with Gasteiger partial charge in [-0.05, 0) is 30.5 Å². The molecule has 1 unspecified atom stereocenters. The van der Waals surface area contributed by atoms with Gasteiger partial charge < -0.3 is 15.2 Å². The molecule has 1 saturated heterocycles. The summed E-state index contributed by atoms with van der Waals surface area (Å²) in [6.45, 7) is 3.53. The van der Waals surface area contributed by atoms with E-state index in [1.54, 1.807) is 18.2 Å². The van der Waals surface area contributed by atoms with E-state index in [4.69, 9.17) is 33.0 Å². The number of halogens is 2. The van der Waals surface area contributed by atoms with E-state index in [-0.39, 0.29) is 23.3 Å². The van der Waals surface area contributed by atoms with Crippen molar-refractivity contribution < 1.29 is 19.4 Å². The fourth-order valence-corrected chi connectivity index (χ4v) is 4.57. The predicted molar refractivity (Wildman–Crippen MR) is 119 cm³/mol. The second kappa shape index (κ2) is 11.2. The Morgan fingerprint density at radius 1 is 1.30 bits per heavy atom. The minimum atomic E-state index is -0.981. The molecule has 1 aromatic carbocycles. The summed E-state index contributed by atoms with van der Waals surface area (Å²) in [5.41, 5.74) is 0.211. The number of hydrogen-bond donors (Lipinski definition) is 2. The van der Waals surface area contributed by atoms with E-state index >= 15 is 0 Å². The van der Waals surface area contributed by atoms with Crippen molar-refractivity contribution >= 4 is 46.8 Å². The smallest absolute Gasteiger partial charge is 0.335 e. The molecule has 9 heteroatoms. The monoisotopic (exact) mass is 470 g/mol. The number of carbonyl (C=O) groups excluding carboxylic acids is 1. The van der Waals surface area contributed by atoms with Gasteiger partial charge in [-0.2, -0.15) is 0 Å². The van der Waals surface area contributed by atoms with Gasteiger partial charge in [-0.1, -0.05) is 41.4 Å². The molecule has 0 saturated carbocycles. The molecule has 162 valence electrons. The van der Waals surface area contributed by atoms with Gasteiger partial charge in [-0.25, -0.2) is 4.79 Å². The highest BCUT2D eigenvalue weighted by Gasteiger charge is 2.24. The van der Waals surface area contributed by atoms with Gasteiger partial charge in [0.25, 0.3) is 0 Å². The summed E-state index contributed by atoms with van der Waals surface area (Å²) in [6.07, 6.45) is 4.77. The van der Waals surface area contributed by atoms with Crippen molar-refractivity contribution in [2.24, 2.45) is 5.92 Å². The van der Waals surface area contributed by atoms with Crippen LogP contribution in [-0.4, -0.2) is 66.5 Å². The number of carbonyl (C=O) groups is 2. The highest BCUT2D eigenvalue weighted by Crippen LogP contribution is 2.29. The van der Waals surface area contributed by atoms with E-state index in [2.05, 4.69) is 10.2 Å². The Labute approximate surface area is 190 Å². The van der Waals surface area contributed by atoms with Crippen LogP contribution in [0.15, 0.2) is 51.4 Å². The van der Waals surface area contributed by atoms with E-state index in [0.717, 1.165) is 31.0 Å². The number of allylic oxidation sites excluding steroid dienone is 3. The normalized spacial score (nSPS) is 22.2. The summed E-state index contributed by atoms with van der Waals surface area (Å²) in [7, 11) is 0. The van der Waals surface area contributed by atoms with Crippen LogP contribution in [0.2, 0.25) is 0 Å². The van der Waals surface area contributed by atoms with Gasteiger partial charge in [0.2, 0.25) is 5.91 Å². The Balaban J connectivity index is 1.39. The van der Waals surface area contributed by atoms with Crippen LogP contribution in [0.1, 0.15) is 16.8 Å². The van der Waals surface area contributed by atoms with Crippen LogP contribution in [-0.2, 0) is 9.53 Å². The molecule has 2 atom stereocenters. The number of aromatic carboxylic acids is 1. The lowest BCUT2D eigenvalue weighted by atomic mass is 9.99. The Hall–Kier alpha value is -1.51. The maximum absolute atomic E-state index is 12.2. The summed E-state index contributed by atoms with van der Waals surface area (Å²) < 4.78 is 5.79. The van der Waals surface area contributed by atoms with E-state index < -0.39 is 5.97 Å². The van der Waals surface area contributed by atoms with Gasteiger partial charge in [0.1, 0.15) is 0 Å². The highest BCUT2D eigenvalue weighted by atomic mass is 35.5. The van der Waals surface area contributed by atoms with E-state index in [1.165, 1.54) is 17.8 Å². The zero-order valence-corrected chi connectivity index (χ0v) is 18.7. The standard InChI is InChI=1S/C21H24Cl2N2O4S/c22-18-5-4-14(8-19(18)23)11-25-6-7-29-16(12-25)10-24-20(26)13-30-17-3-1-2-15(9-17)21(27)28/h1-3,5,8-9,14,16H,4,6-7,10-13H2,(H,24,26)(H,27,28)/t14?,16-/m0/s1. The molecule has 1 amide bonds. The quantitative estimate of drug-likeness (QED) is 0.565. The number of thioether (sulfide) groups is 1. The van der Waals surface area contributed by atoms with Crippen LogP contribution in [0.4, 0.5) is 0 Å². The fraction of sp³-hybridized carbons (Fsp3) is 0.429. The number of amides is 1. The molecule has 0 aromatic heterocycles. The maximum Gasteiger partial charge on any atom is 0.335 e. The Morgan fingerprint density at radius 3 is 2.90 bits per heavy atom. The van der Waals surface area contributed by atoms with Gasteiger partial charge in [-0.3, -0.25) is 9.69 Å². The number of carboxylic acids is 1. The van der Waals surface area contributed by atoms with Crippen LogP contribution in [0, 0.1) is 5.92 Å². The molecule has 1 heterocycles. The average molecular weight is 471 g/mol. The number of hydrogen-bond acceptors (Lipinski definition) is 5. The maximum atomic E-state index is 12.2. The zero-order valence-electron chi connectivity index (χ0n) is 16.4. The number of ether oxygens (including phenoxy) is 1. The van der Waals surface area contributed by atoms with Crippen molar-refractivity contribution in [3.8, 4) is 0 Å². The minimum absolute atomic E-state index is 0.0646. The lowest BCUT2D eigenvalue weighted by Crippen LogP contribution is -2.48. The Morgan fingerprint density at radius 2 is 2.13 bits per heavy atom. The Kier molecular flexibility index (Phi) is 8.65. The molecular weight excluding hydrogens is 447 g/mol. The third-order valence-corrected chi connectivity index (χ3v) is 6.68. The number of rotatable bonds is 8. The van der Waals surface area contributed by atoms with Crippen molar-refractivity contribution in [2.45, 2.75) is 17.4 Å². The van der Waals surface area contributed by atoms with Crippen molar-refractivity contribution in [1.82, 2.24) is 10.2 Å². The lowest BCUT2D eigenvalue weighted by molar-refractivity contribution is -0.119. The molecule has 1 aliphatic carbocycles. The van der Waals surface area contributed by atoms with Crippen LogP contribution < -0.4 is 5.32 Å². The van der Waals surface area contributed by atoms with Crippen LogP contribution in [0.25, 0.3) is 0 Å². The number of nitrogens with one attached hydrogen (secondary N) is 1. The first-order chi connectivity index (χ1) is 14.4. The molecule has 0 radical (unpaired) electrons. The summed E-state index contributed by atoms with van der Waals surface area (Å²) in [5, 5.41) is 13.2. The molecule has 2 aliphatic rings. The number of nitrogens with zero attached hydrogens (tertiary/aromatic N) is 1. The molecule has 1 fully saturated rings. The Bertz CT molecular complexity index is 846. The molecular formula is C21H24Cl2N2O4S. The highest BCUT2D eigenvalue weighted by molar-refractivity contribution is 8.00. The largest absolute Gasteiger partial charge is 0.478 e. The summed E-state index contributed by atoms with van der Waals surface area (Å²) >= 11 is 13.5. The van der Waals surface area contributed by atoms with E-state index in [1.807, 2.05) is 12.2 Å². The van der Waals surface area contributed by atoms with Crippen molar-refractivity contribution in [3.63, 3.8) is 0 Å². The minimum Gasteiger partial charge on any atom is -0.478 e. The SMILES string of the molecule is O=C(CSc1cccc(C(=O)O)c1)NC[C@H]1CN(CC2C=C(Cl)C(Cl)=CC2)CCO1.